The third kappa shape index (κ3) is 4.05. The first-order valence-corrected chi connectivity index (χ1v) is 8.26. The molecule has 7 nitrogen and oxygen atoms in total. The van der Waals surface area contributed by atoms with Gasteiger partial charge in [-0.25, -0.2) is 19.7 Å². The highest BCUT2D eigenvalue weighted by Gasteiger charge is 2.37. The Morgan fingerprint density at radius 3 is 2.62 bits per heavy atom. The van der Waals surface area contributed by atoms with E-state index < -0.39 is 18.0 Å². The second kappa shape index (κ2) is 7.77. The van der Waals surface area contributed by atoms with Crippen molar-refractivity contribution in [1.29, 1.82) is 0 Å². The van der Waals surface area contributed by atoms with Gasteiger partial charge in [-0.05, 0) is 25.5 Å². The summed E-state index contributed by atoms with van der Waals surface area (Å²) in [6.07, 6.45) is 5.29. The van der Waals surface area contributed by atoms with Crippen LogP contribution in [-0.4, -0.2) is 39.6 Å². The van der Waals surface area contributed by atoms with E-state index in [1.165, 1.54) is 6.08 Å². The van der Waals surface area contributed by atoms with E-state index in [2.05, 4.69) is 9.97 Å². The highest BCUT2D eigenvalue weighted by atomic mass is 16.6. The maximum Gasteiger partial charge on any atom is 0.417 e. The van der Waals surface area contributed by atoms with Crippen LogP contribution in [0.15, 0.2) is 48.8 Å². The summed E-state index contributed by atoms with van der Waals surface area (Å²) in [6, 6.07) is 9.15. The van der Waals surface area contributed by atoms with Crippen LogP contribution in [0.3, 0.4) is 0 Å². The number of benzene rings is 1. The second-order valence-electron chi connectivity index (χ2n) is 6.01. The average molecular weight is 353 g/mol. The molecule has 2 aromatic rings. The van der Waals surface area contributed by atoms with Crippen molar-refractivity contribution in [3.8, 4) is 6.01 Å². The predicted molar refractivity (Wildman–Crippen MR) is 94.2 cm³/mol. The van der Waals surface area contributed by atoms with Crippen LogP contribution < -0.4 is 4.74 Å². The Hall–Kier alpha value is -3.22. The van der Waals surface area contributed by atoms with Crippen molar-refractivity contribution in [1.82, 2.24) is 14.9 Å². The Labute approximate surface area is 151 Å². The smallest absolute Gasteiger partial charge is 0.417 e. The van der Waals surface area contributed by atoms with Crippen molar-refractivity contribution in [3.05, 3.63) is 59.9 Å². The lowest BCUT2D eigenvalue weighted by atomic mass is 10.1. The molecule has 2 amide bonds. The summed E-state index contributed by atoms with van der Waals surface area (Å²) >= 11 is 0. The Balaban J connectivity index is 1.71. The molecule has 1 aromatic carbocycles. The van der Waals surface area contributed by atoms with Gasteiger partial charge in [0.1, 0.15) is 12.6 Å². The molecule has 2 heterocycles. The lowest BCUT2D eigenvalue weighted by Gasteiger charge is -2.18. The maximum absolute atomic E-state index is 12.5. The van der Waals surface area contributed by atoms with E-state index >= 15 is 0 Å². The van der Waals surface area contributed by atoms with Gasteiger partial charge in [0, 0.05) is 24.0 Å². The Bertz CT molecular complexity index is 803. The van der Waals surface area contributed by atoms with Gasteiger partial charge in [-0.3, -0.25) is 4.79 Å². The lowest BCUT2D eigenvalue weighted by molar-refractivity contribution is -0.124. The largest absolute Gasteiger partial charge is 0.461 e. The second-order valence-corrected chi connectivity index (χ2v) is 6.01. The first-order valence-electron chi connectivity index (χ1n) is 8.26. The summed E-state index contributed by atoms with van der Waals surface area (Å²) in [5, 5.41) is 0. The zero-order chi connectivity index (χ0) is 18.5. The topological polar surface area (TPSA) is 81.6 Å². The third-order valence-electron chi connectivity index (χ3n) is 3.70. The minimum atomic E-state index is -0.648. The van der Waals surface area contributed by atoms with Crippen LogP contribution in [0.1, 0.15) is 31.0 Å². The van der Waals surface area contributed by atoms with Crippen LogP contribution in [0.4, 0.5) is 4.79 Å². The number of ether oxygens (including phenoxy) is 2. The lowest BCUT2D eigenvalue weighted by Crippen LogP contribution is -2.32. The maximum atomic E-state index is 12.5. The van der Waals surface area contributed by atoms with E-state index in [4.69, 9.17) is 9.47 Å². The van der Waals surface area contributed by atoms with Crippen molar-refractivity contribution >= 4 is 18.1 Å². The Kier molecular flexibility index (Phi) is 5.26. The summed E-state index contributed by atoms with van der Waals surface area (Å²) < 4.78 is 10.4. The Morgan fingerprint density at radius 2 is 1.96 bits per heavy atom. The van der Waals surface area contributed by atoms with Gasteiger partial charge in [0.05, 0.1) is 6.10 Å². The van der Waals surface area contributed by atoms with E-state index in [0.717, 1.165) is 10.5 Å². The normalized spacial score (nSPS) is 17.0. The molecule has 1 unspecified atom stereocenters. The van der Waals surface area contributed by atoms with Crippen LogP contribution in [0, 0.1) is 0 Å². The fourth-order valence-electron chi connectivity index (χ4n) is 2.52. The van der Waals surface area contributed by atoms with Crippen LogP contribution >= 0.6 is 0 Å². The fourth-order valence-corrected chi connectivity index (χ4v) is 2.52. The number of hydrogen-bond acceptors (Lipinski definition) is 6. The minimum absolute atomic E-state index is 0.0194. The molecule has 0 radical (unpaired) electrons. The number of cyclic esters (lactones) is 1. The minimum Gasteiger partial charge on any atom is -0.461 e. The molecular formula is C19H19N3O4. The van der Waals surface area contributed by atoms with E-state index in [1.807, 2.05) is 44.2 Å². The molecule has 1 fully saturated rings. The summed E-state index contributed by atoms with van der Waals surface area (Å²) in [5.41, 5.74) is 1.47. The number of amides is 2. The SMILES string of the molecule is CC(C)Oc1ncc(C=CC(=O)N2C(=O)OCC2c2ccccc2)cn1. The number of carbonyl (C=O) groups is 2. The first-order chi connectivity index (χ1) is 12.5. The molecule has 0 spiro atoms. The van der Waals surface area contributed by atoms with Crippen LogP contribution in [0.25, 0.3) is 6.08 Å². The summed E-state index contributed by atoms with van der Waals surface area (Å²) in [7, 11) is 0. The first kappa shape index (κ1) is 17.6. The average Bonchev–Trinajstić information content (AvgIpc) is 3.03. The van der Waals surface area contributed by atoms with Crippen LogP contribution in [-0.2, 0) is 9.53 Å². The molecule has 0 bridgehead atoms. The fraction of sp³-hybridized carbons (Fsp3) is 0.263. The van der Waals surface area contributed by atoms with Crippen LogP contribution in [0.5, 0.6) is 6.01 Å². The van der Waals surface area contributed by atoms with Gasteiger partial charge < -0.3 is 9.47 Å². The predicted octanol–water partition coefficient (Wildman–Crippen LogP) is 3.00. The van der Waals surface area contributed by atoms with Gasteiger partial charge >= 0.3 is 12.1 Å². The number of hydrogen-bond donors (Lipinski definition) is 0. The molecule has 0 aliphatic carbocycles. The van der Waals surface area contributed by atoms with E-state index in [9.17, 15) is 9.59 Å². The summed E-state index contributed by atoms with van der Waals surface area (Å²) in [5.74, 6) is -0.455. The molecule has 26 heavy (non-hydrogen) atoms. The number of carbonyl (C=O) groups excluding carboxylic acids is 2. The molecule has 7 heteroatoms. The number of nitrogens with zero attached hydrogens (tertiary/aromatic N) is 3. The highest BCUT2D eigenvalue weighted by Crippen LogP contribution is 2.27. The van der Waals surface area contributed by atoms with Gasteiger partial charge in [-0.2, -0.15) is 0 Å². The van der Waals surface area contributed by atoms with Gasteiger partial charge in [0.2, 0.25) is 0 Å². The number of aromatic nitrogens is 2. The van der Waals surface area contributed by atoms with Gasteiger partial charge in [0.15, 0.2) is 0 Å². The van der Waals surface area contributed by atoms with Gasteiger partial charge in [-0.1, -0.05) is 30.3 Å². The van der Waals surface area contributed by atoms with Crippen molar-refractivity contribution in [2.24, 2.45) is 0 Å². The van der Waals surface area contributed by atoms with E-state index in [-0.39, 0.29) is 18.7 Å². The number of imide groups is 1. The molecule has 0 N–H and O–H groups in total. The highest BCUT2D eigenvalue weighted by molar-refractivity contribution is 6.02. The molecule has 1 aliphatic heterocycles. The molecule has 1 aliphatic rings. The molecular weight excluding hydrogens is 334 g/mol. The molecule has 3 rings (SSSR count). The van der Waals surface area contributed by atoms with Gasteiger partial charge in [0.25, 0.3) is 5.91 Å². The molecule has 1 atom stereocenters. The zero-order valence-corrected chi connectivity index (χ0v) is 14.5. The monoisotopic (exact) mass is 353 g/mol. The molecule has 1 saturated heterocycles. The Morgan fingerprint density at radius 1 is 1.27 bits per heavy atom. The molecule has 1 aromatic heterocycles. The summed E-state index contributed by atoms with van der Waals surface area (Å²) in [4.78, 5) is 33.7. The van der Waals surface area contributed by atoms with E-state index in [0.29, 0.717) is 5.56 Å². The zero-order valence-electron chi connectivity index (χ0n) is 14.5. The van der Waals surface area contributed by atoms with Crippen molar-refractivity contribution in [2.75, 3.05) is 6.61 Å². The van der Waals surface area contributed by atoms with Gasteiger partial charge in [-0.15, -0.1) is 0 Å². The third-order valence-corrected chi connectivity index (χ3v) is 3.70. The van der Waals surface area contributed by atoms with Crippen molar-refractivity contribution in [2.45, 2.75) is 26.0 Å². The van der Waals surface area contributed by atoms with Crippen molar-refractivity contribution in [3.63, 3.8) is 0 Å². The molecule has 0 saturated carbocycles. The van der Waals surface area contributed by atoms with Crippen molar-refractivity contribution < 1.29 is 19.1 Å². The number of rotatable bonds is 5. The van der Waals surface area contributed by atoms with Crippen LogP contribution in [0.2, 0.25) is 0 Å². The standard InChI is InChI=1S/C19H19N3O4/c1-13(2)26-18-20-10-14(11-21-18)8-9-17(23)22-16(12-25-19(22)24)15-6-4-3-5-7-15/h3-11,13,16H,12H2,1-2H3. The molecule has 134 valence electrons. The quantitative estimate of drug-likeness (QED) is 0.769. The van der Waals surface area contributed by atoms with E-state index in [1.54, 1.807) is 18.5 Å². The summed E-state index contributed by atoms with van der Waals surface area (Å²) in [6.45, 7) is 3.91.